The topological polar surface area (TPSA) is 132 Å². The van der Waals surface area contributed by atoms with Gasteiger partial charge in [-0.05, 0) is 54.8 Å². The maximum Gasteiger partial charge on any atom is 0.305 e. The lowest BCUT2D eigenvalue weighted by Gasteiger charge is -2.37. The molecular weight excluding hydrogens is 522 g/mol. The van der Waals surface area contributed by atoms with Gasteiger partial charge >= 0.3 is 5.97 Å². The highest BCUT2D eigenvalue weighted by molar-refractivity contribution is 6.01. The van der Waals surface area contributed by atoms with Gasteiger partial charge in [0.05, 0.1) is 23.8 Å². The third-order valence-corrected chi connectivity index (χ3v) is 7.69. The summed E-state index contributed by atoms with van der Waals surface area (Å²) in [7, 11) is 0. The first kappa shape index (κ1) is 27.8. The van der Waals surface area contributed by atoms with E-state index < -0.39 is 17.9 Å². The molecule has 3 aromatic rings. The Kier molecular flexibility index (Phi) is 8.57. The Labute approximate surface area is 238 Å². The van der Waals surface area contributed by atoms with Gasteiger partial charge in [-0.15, -0.1) is 0 Å². The number of rotatable bonds is 9. The molecule has 5 rings (SSSR count). The number of carbonyl (C=O) groups is 4. The second-order valence-corrected chi connectivity index (χ2v) is 10.4. The van der Waals surface area contributed by atoms with E-state index in [9.17, 15) is 24.3 Å². The second kappa shape index (κ2) is 12.6. The SMILES string of the molecule is O=C(O)CC(NC(=O)c1ccc(N2CCN(C(=O)c3ccccc3)CC2)c(NC(=O)C2CCC2)c1)c1cccnc1. The Hall–Kier alpha value is -4.73. The summed E-state index contributed by atoms with van der Waals surface area (Å²) in [6.07, 6.45) is 5.50. The number of amides is 3. The van der Waals surface area contributed by atoms with Gasteiger partial charge in [-0.3, -0.25) is 24.2 Å². The molecule has 0 radical (unpaired) electrons. The lowest BCUT2D eigenvalue weighted by molar-refractivity contribution is -0.137. The summed E-state index contributed by atoms with van der Waals surface area (Å²) in [4.78, 5) is 58.6. The lowest BCUT2D eigenvalue weighted by Crippen LogP contribution is -2.49. The fraction of sp³-hybridized carbons (Fsp3) is 0.323. The van der Waals surface area contributed by atoms with Crippen molar-refractivity contribution in [2.75, 3.05) is 36.4 Å². The molecule has 10 nitrogen and oxygen atoms in total. The third kappa shape index (κ3) is 6.71. The van der Waals surface area contributed by atoms with Crippen LogP contribution in [0.4, 0.5) is 11.4 Å². The van der Waals surface area contributed by atoms with Crippen LogP contribution in [0.1, 0.15) is 58.0 Å². The molecule has 3 amide bonds. The molecule has 0 spiro atoms. The third-order valence-electron chi connectivity index (χ3n) is 7.69. The molecule has 1 aliphatic carbocycles. The summed E-state index contributed by atoms with van der Waals surface area (Å²) < 4.78 is 0. The van der Waals surface area contributed by atoms with E-state index in [0.717, 1.165) is 24.9 Å². The predicted octanol–water partition coefficient (Wildman–Crippen LogP) is 3.73. The minimum atomic E-state index is -1.05. The van der Waals surface area contributed by atoms with Crippen LogP contribution in [-0.2, 0) is 9.59 Å². The minimum Gasteiger partial charge on any atom is -0.481 e. The van der Waals surface area contributed by atoms with Crippen molar-refractivity contribution in [2.45, 2.75) is 31.7 Å². The number of pyridine rings is 1. The molecule has 41 heavy (non-hydrogen) atoms. The minimum absolute atomic E-state index is 0.0136. The predicted molar refractivity (Wildman–Crippen MR) is 154 cm³/mol. The number of nitrogens with zero attached hydrogens (tertiary/aromatic N) is 3. The monoisotopic (exact) mass is 555 g/mol. The van der Waals surface area contributed by atoms with Crippen molar-refractivity contribution < 1.29 is 24.3 Å². The average molecular weight is 556 g/mol. The number of aromatic nitrogens is 1. The molecule has 2 aromatic carbocycles. The smallest absolute Gasteiger partial charge is 0.305 e. The van der Waals surface area contributed by atoms with E-state index in [1.165, 1.54) is 6.20 Å². The normalized spacial score (nSPS) is 15.9. The van der Waals surface area contributed by atoms with Gasteiger partial charge in [0.2, 0.25) is 5.91 Å². The van der Waals surface area contributed by atoms with Gasteiger partial charge < -0.3 is 25.5 Å². The molecule has 1 aromatic heterocycles. The zero-order chi connectivity index (χ0) is 28.8. The number of hydrogen-bond acceptors (Lipinski definition) is 6. The molecule has 1 unspecified atom stereocenters. The maximum atomic E-state index is 13.3. The summed E-state index contributed by atoms with van der Waals surface area (Å²) in [5.41, 5.74) is 2.83. The molecule has 1 saturated carbocycles. The summed E-state index contributed by atoms with van der Waals surface area (Å²) in [5, 5.41) is 15.2. The number of piperazine rings is 1. The molecule has 212 valence electrons. The first-order valence-corrected chi connectivity index (χ1v) is 13.9. The number of carboxylic acids is 1. The number of nitrogens with one attached hydrogen (secondary N) is 2. The number of benzene rings is 2. The van der Waals surface area contributed by atoms with Gasteiger partial charge in [0.15, 0.2) is 0 Å². The van der Waals surface area contributed by atoms with Crippen molar-refractivity contribution in [2.24, 2.45) is 5.92 Å². The molecule has 10 heteroatoms. The Morgan fingerprint density at radius 2 is 1.68 bits per heavy atom. The lowest BCUT2D eigenvalue weighted by atomic mass is 9.85. The summed E-state index contributed by atoms with van der Waals surface area (Å²) in [6.45, 7) is 2.18. The molecule has 2 fully saturated rings. The van der Waals surface area contributed by atoms with Gasteiger partial charge in [0, 0.05) is 55.6 Å². The summed E-state index contributed by atoms with van der Waals surface area (Å²) in [6, 6.07) is 16.9. The molecule has 1 saturated heterocycles. The van der Waals surface area contributed by atoms with Crippen LogP contribution in [-0.4, -0.2) is 64.9 Å². The van der Waals surface area contributed by atoms with E-state index in [-0.39, 0.29) is 24.2 Å². The fourth-order valence-corrected chi connectivity index (χ4v) is 5.12. The van der Waals surface area contributed by atoms with Crippen molar-refractivity contribution >= 4 is 35.1 Å². The van der Waals surface area contributed by atoms with Gasteiger partial charge in [-0.25, -0.2) is 0 Å². The van der Waals surface area contributed by atoms with E-state index in [4.69, 9.17) is 0 Å². The Balaban J connectivity index is 1.34. The van der Waals surface area contributed by atoms with Crippen LogP contribution in [0.2, 0.25) is 0 Å². The van der Waals surface area contributed by atoms with E-state index in [1.807, 2.05) is 35.2 Å². The van der Waals surface area contributed by atoms with Crippen LogP contribution in [0.5, 0.6) is 0 Å². The molecule has 1 aliphatic heterocycles. The van der Waals surface area contributed by atoms with Crippen molar-refractivity contribution in [1.82, 2.24) is 15.2 Å². The van der Waals surface area contributed by atoms with E-state index in [1.54, 1.807) is 36.5 Å². The van der Waals surface area contributed by atoms with E-state index >= 15 is 0 Å². The maximum absolute atomic E-state index is 13.3. The highest BCUT2D eigenvalue weighted by Crippen LogP contribution is 2.32. The number of carbonyl (C=O) groups excluding carboxylic acids is 3. The van der Waals surface area contributed by atoms with E-state index in [2.05, 4.69) is 20.5 Å². The molecule has 0 bridgehead atoms. The van der Waals surface area contributed by atoms with Crippen LogP contribution in [0.15, 0.2) is 73.1 Å². The number of anilines is 2. The zero-order valence-corrected chi connectivity index (χ0v) is 22.7. The Morgan fingerprint density at radius 1 is 0.927 bits per heavy atom. The molecule has 1 atom stereocenters. The number of aliphatic carboxylic acids is 1. The largest absolute Gasteiger partial charge is 0.481 e. The zero-order valence-electron chi connectivity index (χ0n) is 22.7. The van der Waals surface area contributed by atoms with Crippen LogP contribution in [0, 0.1) is 5.92 Å². The van der Waals surface area contributed by atoms with Gasteiger partial charge in [-0.2, -0.15) is 0 Å². The highest BCUT2D eigenvalue weighted by Gasteiger charge is 2.28. The molecule has 3 N–H and O–H groups in total. The summed E-state index contributed by atoms with van der Waals surface area (Å²) in [5.74, 6) is -1.64. The first-order valence-electron chi connectivity index (χ1n) is 13.9. The number of hydrogen-bond donors (Lipinski definition) is 3. The van der Waals surface area contributed by atoms with Crippen molar-refractivity contribution in [3.8, 4) is 0 Å². The van der Waals surface area contributed by atoms with Crippen LogP contribution >= 0.6 is 0 Å². The second-order valence-electron chi connectivity index (χ2n) is 10.4. The van der Waals surface area contributed by atoms with Gasteiger partial charge in [0.25, 0.3) is 11.8 Å². The van der Waals surface area contributed by atoms with Crippen molar-refractivity contribution in [1.29, 1.82) is 0 Å². The standard InChI is InChI=1S/C31H33N5O5/c37-28(38)19-25(24-10-5-13-32-20-24)33-30(40)23-11-12-27(26(18-23)34-29(39)21-8-4-9-21)35-14-16-36(17-15-35)31(41)22-6-2-1-3-7-22/h1-3,5-7,10-13,18,20-21,25H,4,8-9,14-17,19H2,(H,33,40)(H,34,39)(H,37,38). The highest BCUT2D eigenvalue weighted by atomic mass is 16.4. The Morgan fingerprint density at radius 3 is 2.32 bits per heavy atom. The van der Waals surface area contributed by atoms with Crippen LogP contribution in [0.25, 0.3) is 0 Å². The fourth-order valence-electron chi connectivity index (χ4n) is 5.12. The quantitative estimate of drug-likeness (QED) is 0.367. The van der Waals surface area contributed by atoms with Crippen LogP contribution in [0.3, 0.4) is 0 Å². The first-order chi connectivity index (χ1) is 19.9. The number of carboxylic acid groups (broad SMARTS) is 1. The van der Waals surface area contributed by atoms with Crippen molar-refractivity contribution in [3.05, 3.63) is 89.7 Å². The average Bonchev–Trinajstić information content (AvgIpc) is 2.96. The van der Waals surface area contributed by atoms with Crippen molar-refractivity contribution in [3.63, 3.8) is 0 Å². The molecule has 2 aliphatic rings. The molecule has 2 heterocycles. The Bertz CT molecular complexity index is 1400. The summed E-state index contributed by atoms with van der Waals surface area (Å²) >= 11 is 0. The van der Waals surface area contributed by atoms with Crippen LogP contribution < -0.4 is 15.5 Å². The van der Waals surface area contributed by atoms with Gasteiger partial charge in [-0.1, -0.05) is 30.7 Å². The van der Waals surface area contributed by atoms with E-state index in [0.29, 0.717) is 48.6 Å². The van der Waals surface area contributed by atoms with Gasteiger partial charge in [0.1, 0.15) is 0 Å². The molecular formula is C31H33N5O5.